The van der Waals surface area contributed by atoms with E-state index in [4.69, 9.17) is 45.5 Å². The summed E-state index contributed by atoms with van der Waals surface area (Å²) >= 11 is 0. The maximum absolute atomic E-state index is 13.9. The molecule has 0 saturated carbocycles. The fourth-order valence-electron chi connectivity index (χ4n) is 6.72. The lowest BCUT2D eigenvalue weighted by Crippen LogP contribution is -2.60. The SMILES string of the molecule is C[C@H](NC(=O)[C@@H](NC(=O)[C@@H](N)CCCCN)[C@@H](O)CN)C(=O)NCC(=O)/N=C(\CCCN)C(=O)N1CCC[C@H]1C(=O)N[C@@H](CC(N)=O)C(=O)N[C@@H](CCCCN)C(=O)N/C(=C\CCNC(=N)N)C(=O)O. The largest absolute Gasteiger partial charge is 0.477 e. The van der Waals surface area contributed by atoms with E-state index in [0.717, 1.165) is 11.0 Å². The summed E-state index contributed by atoms with van der Waals surface area (Å²) in [7, 11) is 0. The van der Waals surface area contributed by atoms with Crippen LogP contribution in [0.4, 0.5) is 0 Å². The number of carboxylic acids is 1. The topological polar surface area (TPSA) is 517 Å². The minimum atomic E-state index is -1.67. The molecular weight excluding hydrogens is 923 g/mol. The molecule has 24 N–H and O–H groups in total. The molecule has 1 aliphatic heterocycles. The quantitative estimate of drug-likeness (QED) is 0.0126. The van der Waals surface area contributed by atoms with Crippen molar-refractivity contribution in [2.24, 2.45) is 45.1 Å². The number of guanidine groups is 1. The minimum Gasteiger partial charge on any atom is -0.477 e. The highest BCUT2D eigenvalue weighted by Crippen LogP contribution is 2.20. The summed E-state index contributed by atoms with van der Waals surface area (Å²) in [4.78, 5) is 135. The van der Waals surface area contributed by atoms with Crippen molar-refractivity contribution in [1.82, 2.24) is 42.1 Å². The summed E-state index contributed by atoms with van der Waals surface area (Å²) in [6, 6.07) is -8.24. The molecule has 0 aromatic rings. The van der Waals surface area contributed by atoms with Crippen LogP contribution in [0.1, 0.15) is 84.0 Å². The van der Waals surface area contributed by atoms with Crippen molar-refractivity contribution in [3.8, 4) is 0 Å². The van der Waals surface area contributed by atoms with Crippen LogP contribution in [0.15, 0.2) is 16.8 Å². The van der Waals surface area contributed by atoms with Crippen molar-refractivity contribution in [3.05, 3.63) is 11.8 Å². The monoisotopic (exact) mass is 996 g/mol. The van der Waals surface area contributed by atoms with Crippen LogP contribution < -0.4 is 77.4 Å². The van der Waals surface area contributed by atoms with Crippen molar-refractivity contribution in [2.75, 3.05) is 45.8 Å². The van der Waals surface area contributed by atoms with Crippen LogP contribution in [0, 0.1) is 5.41 Å². The molecule has 7 atom stereocenters. The molecule has 1 aliphatic rings. The Balaban J connectivity index is 3.18. The lowest BCUT2D eigenvalue weighted by molar-refractivity contribution is -0.138. The molecule has 0 aliphatic carbocycles. The maximum Gasteiger partial charge on any atom is 0.352 e. The number of aliphatic hydroxyl groups is 1. The first-order valence-electron chi connectivity index (χ1n) is 22.9. The van der Waals surface area contributed by atoms with E-state index < -0.39 is 127 Å². The van der Waals surface area contributed by atoms with E-state index in [1.54, 1.807) is 0 Å². The first-order chi connectivity index (χ1) is 33.1. The van der Waals surface area contributed by atoms with Gasteiger partial charge in [0.05, 0.1) is 25.1 Å². The molecule has 70 heavy (non-hydrogen) atoms. The zero-order valence-electron chi connectivity index (χ0n) is 39.5. The van der Waals surface area contributed by atoms with Gasteiger partial charge in [0, 0.05) is 19.6 Å². The van der Waals surface area contributed by atoms with Crippen molar-refractivity contribution in [1.29, 1.82) is 5.41 Å². The third kappa shape index (κ3) is 22.6. The van der Waals surface area contributed by atoms with Gasteiger partial charge in [-0.1, -0.05) is 12.5 Å². The molecule has 0 unspecified atom stereocenters. The summed E-state index contributed by atoms with van der Waals surface area (Å²) in [6.45, 7) is 0.832. The van der Waals surface area contributed by atoms with Gasteiger partial charge in [-0.2, -0.15) is 0 Å². The van der Waals surface area contributed by atoms with Crippen molar-refractivity contribution < 1.29 is 58.2 Å². The van der Waals surface area contributed by atoms with Gasteiger partial charge < -0.3 is 92.5 Å². The third-order valence-corrected chi connectivity index (χ3v) is 10.5. The zero-order chi connectivity index (χ0) is 52.9. The number of likely N-dealkylation sites (tertiary alicyclic amines) is 1. The number of amides is 9. The maximum atomic E-state index is 13.9. The molecule has 29 nitrogen and oxygen atoms in total. The first kappa shape index (κ1) is 61.4. The predicted octanol–water partition coefficient (Wildman–Crippen LogP) is -7.50. The number of unbranched alkanes of at least 4 members (excludes halogenated alkanes) is 2. The summed E-state index contributed by atoms with van der Waals surface area (Å²) in [5, 5.41) is 43.8. The van der Waals surface area contributed by atoms with Crippen LogP contribution in [0.3, 0.4) is 0 Å². The minimum absolute atomic E-state index is 0.00153. The average molecular weight is 996 g/mol. The number of nitrogens with zero attached hydrogens (tertiary/aromatic N) is 2. The lowest BCUT2D eigenvalue weighted by Gasteiger charge is -2.27. The Labute approximate surface area is 404 Å². The number of aliphatic hydroxyl groups excluding tert-OH is 1. The molecule has 0 bridgehead atoms. The van der Waals surface area contributed by atoms with Gasteiger partial charge in [-0.3, -0.25) is 48.6 Å². The average Bonchev–Trinajstić information content (AvgIpc) is 3.81. The Morgan fingerprint density at radius 3 is 2.01 bits per heavy atom. The predicted molar refractivity (Wildman–Crippen MR) is 253 cm³/mol. The number of carbonyl (C=O) groups excluding carboxylic acids is 9. The fraction of sp³-hybridized carbons (Fsp3) is 0.659. The van der Waals surface area contributed by atoms with Gasteiger partial charge in [0.25, 0.3) is 11.8 Å². The zero-order valence-corrected chi connectivity index (χ0v) is 39.5. The van der Waals surface area contributed by atoms with Crippen molar-refractivity contribution in [3.63, 3.8) is 0 Å². The molecule has 1 fully saturated rings. The molecule has 0 aromatic heterocycles. The summed E-state index contributed by atoms with van der Waals surface area (Å²) in [5.74, 6) is -10.2. The van der Waals surface area contributed by atoms with Gasteiger partial charge >= 0.3 is 5.97 Å². The van der Waals surface area contributed by atoms with E-state index in [9.17, 15) is 58.2 Å². The van der Waals surface area contributed by atoms with E-state index in [-0.39, 0.29) is 82.8 Å². The Morgan fingerprint density at radius 2 is 1.43 bits per heavy atom. The second kappa shape index (κ2) is 33.0. The van der Waals surface area contributed by atoms with Gasteiger partial charge in [0.15, 0.2) is 5.96 Å². The van der Waals surface area contributed by atoms with Gasteiger partial charge in [-0.25, -0.2) is 9.79 Å². The molecule has 29 heteroatoms. The Hall–Kier alpha value is -6.66. The van der Waals surface area contributed by atoms with Gasteiger partial charge in [-0.05, 0) is 90.8 Å². The van der Waals surface area contributed by atoms with E-state index >= 15 is 0 Å². The second-order valence-electron chi connectivity index (χ2n) is 16.2. The third-order valence-electron chi connectivity index (χ3n) is 10.5. The van der Waals surface area contributed by atoms with Gasteiger partial charge in [-0.15, -0.1) is 0 Å². The van der Waals surface area contributed by atoms with E-state index in [1.807, 2.05) is 0 Å². The number of aliphatic carboxylic acids is 1. The highest BCUT2D eigenvalue weighted by atomic mass is 16.4. The summed E-state index contributed by atoms with van der Waals surface area (Å²) in [5.41, 5.74) is 38.0. The van der Waals surface area contributed by atoms with Crippen LogP contribution in [0.2, 0.25) is 0 Å². The number of primary amides is 1. The van der Waals surface area contributed by atoms with Crippen LogP contribution >= 0.6 is 0 Å². The van der Waals surface area contributed by atoms with Crippen molar-refractivity contribution >= 4 is 70.8 Å². The molecule has 1 rings (SSSR count). The van der Waals surface area contributed by atoms with Crippen LogP contribution in [0.25, 0.3) is 0 Å². The van der Waals surface area contributed by atoms with E-state index in [0.29, 0.717) is 32.2 Å². The number of nitrogens with two attached hydrogens (primary N) is 7. The highest BCUT2D eigenvalue weighted by Gasteiger charge is 2.39. The number of rotatable bonds is 33. The molecule has 0 spiro atoms. The molecule has 0 radical (unpaired) electrons. The Kier molecular flexibility index (Phi) is 28.9. The number of aliphatic imine (C=N–C) groups is 1. The number of hydrogen-bond donors (Lipinski definition) is 17. The second-order valence-corrected chi connectivity index (χ2v) is 16.2. The smallest absolute Gasteiger partial charge is 0.352 e. The number of carboxylic acid groups (broad SMARTS) is 1. The Bertz CT molecular complexity index is 1900. The normalized spacial score (nSPS) is 16.3. The number of hydrogen-bond acceptors (Lipinski definition) is 17. The van der Waals surface area contributed by atoms with E-state index in [2.05, 4.69) is 42.2 Å². The van der Waals surface area contributed by atoms with Gasteiger partial charge in [0.1, 0.15) is 41.6 Å². The van der Waals surface area contributed by atoms with Crippen LogP contribution in [0.5, 0.6) is 0 Å². The Morgan fingerprint density at radius 1 is 0.786 bits per heavy atom. The fourth-order valence-corrected chi connectivity index (χ4v) is 6.72. The molecule has 9 amide bonds. The van der Waals surface area contributed by atoms with Crippen LogP contribution in [-0.2, 0) is 47.9 Å². The molecule has 0 aromatic carbocycles. The van der Waals surface area contributed by atoms with Crippen LogP contribution in [-0.4, -0.2) is 174 Å². The van der Waals surface area contributed by atoms with E-state index in [1.165, 1.54) is 6.92 Å². The molecule has 1 saturated heterocycles. The standard InChI is InChI=1S/C41H73N17O12/c1-22(52-38(67)32(29(59)20-45)57-34(63)23(46)9-2-4-14-42)33(62)51-21-31(61)53-25(11-6-16-44)39(68)58-18-8-13-28(58)37(66)56-27(19-30(47)60)36(65)54-24(10-3-5-15-43)35(64)55-26(40(69)70)12-7-17-50-41(48)49/h12,22-24,27-29,32,59H,2-11,13-21,42-46H2,1H3,(H2,47,60)(H,51,62)(H,52,67)(H,54,65)(H,55,64)(H,56,66)(H,57,63)(H,69,70)(H4,48,49,50)/b26-12-,53-25+/t22-,23-,24-,27-,28-,29-,32-/m0/s1. The summed E-state index contributed by atoms with van der Waals surface area (Å²) < 4.78 is 0. The number of nitrogens with one attached hydrogen (secondary N) is 8. The van der Waals surface area contributed by atoms with Crippen molar-refractivity contribution in [2.45, 2.75) is 126 Å². The summed E-state index contributed by atoms with van der Waals surface area (Å²) in [6.07, 6.45) is 1.39. The first-order valence-corrected chi connectivity index (χ1v) is 22.9. The molecule has 394 valence electrons. The highest BCUT2D eigenvalue weighted by molar-refractivity contribution is 6.40. The molecular formula is C41H73N17O12. The lowest BCUT2D eigenvalue weighted by atomic mass is 10.1. The molecule has 1 heterocycles. The van der Waals surface area contributed by atoms with Gasteiger partial charge in [0.2, 0.25) is 41.4 Å². The number of carbonyl (C=O) groups is 10.